The van der Waals surface area contributed by atoms with E-state index >= 15 is 0 Å². The Kier molecular flexibility index (Phi) is 6.30. The van der Waals surface area contributed by atoms with Gasteiger partial charge in [0.2, 0.25) is 0 Å². The van der Waals surface area contributed by atoms with Gasteiger partial charge in [0.15, 0.2) is 11.5 Å². The summed E-state index contributed by atoms with van der Waals surface area (Å²) >= 11 is 5.95. The molecule has 1 aromatic heterocycles. The lowest BCUT2D eigenvalue weighted by molar-refractivity contribution is 0.0690. The fraction of sp³-hybridized carbons (Fsp3) is 0.208. The molecule has 158 valence electrons. The summed E-state index contributed by atoms with van der Waals surface area (Å²) in [6.07, 6.45) is 3.73. The highest BCUT2D eigenvalue weighted by atomic mass is 35.5. The monoisotopic (exact) mass is 434 g/mol. The van der Waals surface area contributed by atoms with Crippen molar-refractivity contribution in [3.63, 3.8) is 0 Å². The maximum Gasteiger partial charge on any atom is 0.354 e. The molecule has 0 atom stereocenters. The molecular weight excluding hydrogens is 412 g/mol. The van der Waals surface area contributed by atoms with Gasteiger partial charge in [-0.15, -0.1) is 0 Å². The van der Waals surface area contributed by atoms with E-state index in [0.717, 1.165) is 31.7 Å². The highest BCUT2D eigenvalue weighted by Gasteiger charge is 2.14. The second kappa shape index (κ2) is 9.29. The number of hydrogen-bond acceptors (Lipinski definition) is 5. The molecule has 0 spiro atoms. The Morgan fingerprint density at radius 3 is 2.29 bits per heavy atom. The molecule has 7 heteroatoms. The van der Waals surface area contributed by atoms with Gasteiger partial charge in [-0.25, -0.2) is 14.8 Å². The molecule has 0 amide bonds. The first-order chi connectivity index (χ1) is 15.0. The lowest BCUT2D eigenvalue weighted by Gasteiger charge is -2.34. The molecule has 4 rings (SSSR count). The first kappa shape index (κ1) is 21.0. The molecule has 3 aromatic rings. The Labute approximate surface area is 186 Å². The third-order valence-corrected chi connectivity index (χ3v) is 5.53. The maximum absolute atomic E-state index is 11.5. The van der Waals surface area contributed by atoms with Crippen LogP contribution in [-0.4, -0.2) is 59.2 Å². The number of carboxylic acids is 1. The first-order valence-corrected chi connectivity index (χ1v) is 10.5. The van der Waals surface area contributed by atoms with Gasteiger partial charge in [-0.05, 0) is 61.2 Å². The normalized spacial score (nSPS) is 14.8. The molecular formula is C24H23ClN4O2. The Morgan fingerprint density at radius 1 is 0.968 bits per heavy atom. The zero-order valence-corrected chi connectivity index (χ0v) is 18.0. The number of anilines is 1. The molecule has 0 bridgehead atoms. The van der Waals surface area contributed by atoms with Crippen LogP contribution in [0.4, 0.5) is 5.69 Å². The van der Waals surface area contributed by atoms with Crippen LogP contribution in [0.2, 0.25) is 5.02 Å². The van der Waals surface area contributed by atoms with Crippen LogP contribution in [0.3, 0.4) is 0 Å². The van der Waals surface area contributed by atoms with Crippen molar-refractivity contribution in [3.8, 4) is 11.4 Å². The van der Waals surface area contributed by atoms with Gasteiger partial charge in [0.05, 0.1) is 5.69 Å². The molecule has 2 heterocycles. The molecule has 1 fully saturated rings. The summed E-state index contributed by atoms with van der Waals surface area (Å²) in [6, 6.07) is 16.8. The summed E-state index contributed by atoms with van der Waals surface area (Å²) in [4.78, 5) is 24.9. The molecule has 31 heavy (non-hydrogen) atoms. The van der Waals surface area contributed by atoms with E-state index in [4.69, 9.17) is 11.6 Å². The lowest BCUT2D eigenvalue weighted by atomic mass is 10.1. The van der Waals surface area contributed by atoms with Crippen molar-refractivity contribution in [3.05, 3.63) is 76.6 Å². The highest BCUT2D eigenvalue weighted by molar-refractivity contribution is 6.30. The van der Waals surface area contributed by atoms with Gasteiger partial charge in [0.1, 0.15) is 0 Å². The van der Waals surface area contributed by atoms with E-state index in [9.17, 15) is 9.90 Å². The van der Waals surface area contributed by atoms with Gasteiger partial charge >= 0.3 is 5.97 Å². The second-order valence-electron chi connectivity index (χ2n) is 7.53. The Hall–Kier alpha value is -3.22. The van der Waals surface area contributed by atoms with Crippen LogP contribution in [0.1, 0.15) is 21.7 Å². The summed E-state index contributed by atoms with van der Waals surface area (Å²) in [5.74, 6) is -0.745. The van der Waals surface area contributed by atoms with Crippen LogP contribution in [0.25, 0.3) is 23.5 Å². The number of likely N-dealkylation sites (N-methyl/N-ethyl adjacent to an activating group) is 1. The van der Waals surface area contributed by atoms with Crippen LogP contribution in [0.5, 0.6) is 0 Å². The predicted molar refractivity (Wildman–Crippen MR) is 125 cm³/mol. The van der Waals surface area contributed by atoms with Gasteiger partial charge in [-0.1, -0.05) is 29.8 Å². The van der Waals surface area contributed by atoms with Crippen LogP contribution >= 0.6 is 11.6 Å². The van der Waals surface area contributed by atoms with Crippen molar-refractivity contribution in [1.29, 1.82) is 0 Å². The van der Waals surface area contributed by atoms with Crippen LogP contribution in [0, 0.1) is 0 Å². The number of carbonyl (C=O) groups is 1. The van der Waals surface area contributed by atoms with Gasteiger partial charge < -0.3 is 14.9 Å². The van der Waals surface area contributed by atoms with E-state index in [-0.39, 0.29) is 5.69 Å². The van der Waals surface area contributed by atoms with Crippen molar-refractivity contribution >= 4 is 35.4 Å². The topological polar surface area (TPSA) is 69.6 Å². The number of aromatic nitrogens is 2. The standard InChI is InChI=1S/C24H23ClN4O2/c1-28-12-14-29(15-13-28)21-10-3-17(4-11-21)2-9-20-16-22(24(30)31)27-23(26-20)18-5-7-19(25)8-6-18/h2-11,16H,12-15H2,1H3,(H,30,31)/b9-2+. The first-order valence-electron chi connectivity index (χ1n) is 10.1. The van der Waals surface area contributed by atoms with E-state index in [0.29, 0.717) is 22.1 Å². The van der Waals surface area contributed by atoms with Gasteiger partial charge in [0, 0.05) is 42.5 Å². The largest absolute Gasteiger partial charge is 0.477 e. The molecule has 0 radical (unpaired) electrons. The minimum atomic E-state index is -1.09. The molecule has 0 saturated carbocycles. The average Bonchev–Trinajstić information content (AvgIpc) is 2.79. The van der Waals surface area contributed by atoms with Crippen LogP contribution in [-0.2, 0) is 0 Å². The molecule has 1 saturated heterocycles. The molecule has 1 aliphatic heterocycles. The Bertz CT molecular complexity index is 1090. The third-order valence-electron chi connectivity index (χ3n) is 5.28. The number of halogens is 1. The van der Waals surface area contributed by atoms with Crippen molar-refractivity contribution in [2.24, 2.45) is 0 Å². The zero-order valence-electron chi connectivity index (χ0n) is 17.2. The maximum atomic E-state index is 11.5. The van der Waals surface area contributed by atoms with Crippen LogP contribution in [0.15, 0.2) is 54.6 Å². The molecule has 1 N–H and O–H groups in total. The van der Waals surface area contributed by atoms with Crippen molar-refractivity contribution in [2.45, 2.75) is 0 Å². The highest BCUT2D eigenvalue weighted by Crippen LogP contribution is 2.21. The summed E-state index contributed by atoms with van der Waals surface area (Å²) in [5, 5.41) is 10.0. The minimum Gasteiger partial charge on any atom is -0.477 e. The number of nitrogens with zero attached hydrogens (tertiary/aromatic N) is 4. The summed E-state index contributed by atoms with van der Waals surface area (Å²) in [7, 11) is 2.15. The number of rotatable bonds is 5. The molecule has 1 aliphatic rings. The smallest absolute Gasteiger partial charge is 0.354 e. The van der Waals surface area contributed by atoms with Gasteiger partial charge in [0.25, 0.3) is 0 Å². The quantitative estimate of drug-likeness (QED) is 0.641. The number of carboxylic acid groups (broad SMARTS) is 1. The summed E-state index contributed by atoms with van der Waals surface area (Å²) in [6.45, 7) is 4.19. The van der Waals surface area contributed by atoms with E-state index in [2.05, 4.69) is 51.1 Å². The van der Waals surface area contributed by atoms with E-state index < -0.39 is 5.97 Å². The van der Waals surface area contributed by atoms with Crippen molar-refractivity contribution in [2.75, 3.05) is 38.1 Å². The van der Waals surface area contributed by atoms with Crippen molar-refractivity contribution < 1.29 is 9.90 Å². The molecule has 0 aliphatic carbocycles. The summed E-state index contributed by atoms with van der Waals surface area (Å²) < 4.78 is 0. The molecule has 2 aromatic carbocycles. The number of benzene rings is 2. The Morgan fingerprint density at radius 2 is 1.65 bits per heavy atom. The van der Waals surface area contributed by atoms with Crippen molar-refractivity contribution in [1.82, 2.24) is 14.9 Å². The number of hydrogen-bond donors (Lipinski definition) is 1. The van der Waals surface area contributed by atoms with Crippen LogP contribution < -0.4 is 4.90 Å². The average molecular weight is 435 g/mol. The molecule has 0 unspecified atom stereocenters. The zero-order chi connectivity index (χ0) is 21.8. The van der Waals surface area contributed by atoms with E-state index in [1.54, 1.807) is 30.3 Å². The lowest BCUT2D eigenvalue weighted by Crippen LogP contribution is -2.44. The second-order valence-corrected chi connectivity index (χ2v) is 7.97. The van der Waals surface area contributed by atoms with E-state index in [1.807, 2.05) is 6.08 Å². The third kappa shape index (κ3) is 5.29. The number of piperazine rings is 1. The van der Waals surface area contributed by atoms with Gasteiger partial charge in [-0.3, -0.25) is 0 Å². The minimum absolute atomic E-state index is 0.0509. The SMILES string of the molecule is CN1CCN(c2ccc(/C=C/c3cc(C(=O)O)nc(-c4ccc(Cl)cc4)n3)cc2)CC1. The van der Waals surface area contributed by atoms with E-state index in [1.165, 1.54) is 11.8 Å². The fourth-order valence-corrected chi connectivity index (χ4v) is 3.56. The predicted octanol–water partition coefficient (Wildman–Crippen LogP) is 4.42. The molecule has 6 nitrogen and oxygen atoms in total. The Balaban J connectivity index is 1.55. The summed E-state index contributed by atoms with van der Waals surface area (Å²) in [5.41, 5.74) is 3.41. The number of aromatic carboxylic acids is 1. The van der Waals surface area contributed by atoms with Gasteiger partial charge in [-0.2, -0.15) is 0 Å². The fourth-order valence-electron chi connectivity index (χ4n) is 3.43.